The molecule has 2 bridgehead atoms. The average molecular weight is 559 g/mol. The van der Waals surface area contributed by atoms with Gasteiger partial charge in [-0.2, -0.15) is 0 Å². The summed E-state index contributed by atoms with van der Waals surface area (Å²) >= 11 is 0. The van der Waals surface area contributed by atoms with Crippen molar-refractivity contribution < 1.29 is 38.4 Å². The summed E-state index contributed by atoms with van der Waals surface area (Å²) in [5, 5.41) is 11.2. The van der Waals surface area contributed by atoms with Gasteiger partial charge in [0.25, 0.3) is 0 Å². The van der Waals surface area contributed by atoms with Crippen LogP contribution in [0.25, 0.3) is 0 Å². The summed E-state index contributed by atoms with van der Waals surface area (Å²) in [4.78, 5) is 24.3. The van der Waals surface area contributed by atoms with Crippen molar-refractivity contribution >= 4 is 11.9 Å². The molecule has 0 aromatic carbocycles. The molecule has 0 aromatic heterocycles. The second-order valence-corrected chi connectivity index (χ2v) is 13.7. The standard InChI is InChI=1S/C32H46O8/c1-20-8-10-24(28(3,4)26(20)25(38-21(2)33)18-23-13-17-36-27(23)34)11-9-22-12-14-32(37-19-22)30(7)15-16-31(35,40-32)29(5,6)39-30/h9,18,24-26,35H,1,8,10-17,19H2,2-7H3. The maximum atomic E-state index is 12.2. The fourth-order valence-corrected chi connectivity index (χ4v) is 7.80. The predicted molar refractivity (Wildman–Crippen MR) is 148 cm³/mol. The first-order chi connectivity index (χ1) is 18.6. The second kappa shape index (κ2) is 10.1. The number of carbonyl (C=O) groups excluding carboxylic acids is 2. The van der Waals surface area contributed by atoms with Crippen LogP contribution < -0.4 is 0 Å². The molecule has 6 atom stereocenters. The molecule has 6 unspecified atom stereocenters. The molecule has 1 spiro atoms. The van der Waals surface area contributed by atoms with Crippen LogP contribution in [0.3, 0.4) is 0 Å². The first-order valence-electron chi connectivity index (χ1n) is 14.8. The highest BCUT2D eigenvalue weighted by Gasteiger charge is 2.70. The summed E-state index contributed by atoms with van der Waals surface area (Å²) < 4.78 is 30.1. The number of aliphatic hydroxyl groups is 1. The molecule has 6 rings (SSSR count). The van der Waals surface area contributed by atoms with Crippen LogP contribution in [-0.2, 0) is 33.3 Å². The van der Waals surface area contributed by atoms with E-state index >= 15 is 0 Å². The zero-order chi connectivity index (χ0) is 29.1. The van der Waals surface area contributed by atoms with Crippen molar-refractivity contribution in [2.45, 2.75) is 122 Å². The Morgan fingerprint density at radius 1 is 1.12 bits per heavy atom. The van der Waals surface area contributed by atoms with Gasteiger partial charge in [-0.3, -0.25) is 4.79 Å². The summed E-state index contributed by atoms with van der Waals surface area (Å²) in [7, 11) is 0. The molecular formula is C32H46O8. The SMILES string of the molecule is C=C1CCC(CC=C2CCC3(OC2)OC2(O)CCC3(C)OC2(C)C)C(C)(C)C1C(C=C1CCOC1=O)OC(C)=O. The molecule has 1 saturated carbocycles. The number of cyclic esters (lactones) is 1. The van der Waals surface area contributed by atoms with Crippen LogP contribution in [0, 0.1) is 17.3 Å². The third kappa shape index (κ3) is 4.89. The van der Waals surface area contributed by atoms with Gasteiger partial charge in [0.2, 0.25) is 5.79 Å². The molecule has 0 amide bonds. The summed E-state index contributed by atoms with van der Waals surface area (Å²) in [6.45, 7) is 16.8. The maximum Gasteiger partial charge on any atom is 0.333 e. The Kier molecular flexibility index (Phi) is 7.43. The van der Waals surface area contributed by atoms with Gasteiger partial charge in [-0.15, -0.1) is 0 Å². The topological polar surface area (TPSA) is 101 Å². The smallest absolute Gasteiger partial charge is 0.333 e. The highest BCUT2D eigenvalue weighted by Crippen LogP contribution is 2.59. The van der Waals surface area contributed by atoms with Crippen LogP contribution in [0.15, 0.2) is 35.5 Å². The first-order valence-corrected chi connectivity index (χ1v) is 14.8. The molecule has 0 radical (unpaired) electrons. The number of ether oxygens (including phenoxy) is 5. The van der Waals surface area contributed by atoms with Gasteiger partial charge in [0, 0.05) is 37.7 Å². The monoisotopic (exact) mass is 558 g/mol. The lowest BCUT2D eigenvalue weighted by Gasteiger charge is -2.66. The van der Waals surface area contributed by atoms with Gasteiger partial charge in [0.05, 0.1) is 13.2 Å². The summed E-state index contributed by atoms with van der Waals surface area (Å²) in [6.07, 6.45) is 9.37. The Labute approximate surface area is 238 Å². The van der Waals surface area contributed by atoms with Crippen molar-refractivity contribution in [1.82, 2.24) is 0 Å². The minimum atomic E-state index is -1.36. The lowest BCUT2D eigenvalue weighted by molar-refractivity contribution is -0.518. The summed E-state index contributed by atoms with van der Waals surface area (Å²) in [6, 6.07) is 0. The number of carbonyl (C=O) groups is 2. The Hall–Kier alpha value is -2.00. The normalized spacial score (nSPS) is 41.4. The lowest BCUT2D eigenvalue weighted by atomic mass is 9.58. The maximum absolute atomic E-state index is 12.2. The Morgan fingerprint density at radius 3 is 2.48 bits per heavy atom. The largest absolute Gasteiger partial charge is 0.462 e. The Bertz CT molecular complexity index is 1120. The molecule has 0 aromatic rings. The van der Waals surface area contributed by atoms with Gasteiger partial charge in [-0.05, 0) is 75.9 Å². The van der Waals surface area contributed by atoms with Crippen molar-refractivity contribution in [3.63, 3.8) is 0 Å². The summed E-state index contributed by atoms with van der Waals surface area (Å²) in [5.41, 5.74) is 1.19. The zero-order valence-corrected chi connectivity index (χ0v) is 25.0. The van der Waals surface area contributed by atoms with E-state index in [0.29, 0.717) is 50.4 Å². The van der Waals surface area contributed by atoms with Gasteiger partial charge in [-0.25, -0.2) is 4.79 Å². The molecule has 6 aliphatic rings. The van der Waals surface area contributed by atoms with E-state index in [0.717, 1.165) is 31.3 Å². The number of fused-ring (bicyclic) bond motifs is 2. The lowest BCUT2D eigenvalue weighted by Crippen LogP contribution is -2.78. The minimum Gasteiger partial charge on any atom is -0.462 e. The number of rotatable bonds is 5. The fraction of sp³-hybridized carbons (Fsp3) is 0.750. The van der Waals surface area contributed by atoms with Gasteiger partial charge in [0.15, 0.2) is 5.79 Å². The third-order valence-electron chi connectivity index (χ3n) is 10.4. The molecule has 222 valence electrons. The van der Waals surface area contributed by atoms with E-state index < -0.39 is 28.9 Å². The highest BCUT2D eigenvalue weighted by molar-refractivity contribution is 5.90. The molecule has 8 heteroatoms. The number of allylic oxidation sites excluding steroid dienone is 1. The van der Waals surface area contributed by atoms with E-state index in [1.54, 1.807) is 6.08 Å². The van der Waals surface area contributed by atoms with Crippen LogP contribution in [0.1, 0.15) is 92.9 Å². The van der Waals surface area contributed by atoms with Crippen molar-refractivity contribution in [3.8, 4) is 0 Å². The molecule has 6 fully saturated rings. The molecule has 1 aliphatic carbocycles. The first kappa shape index (κ1) is 29.5. The average Bonchev–Trinajstić information content (AvgIpc) is 3.25. The molecular weight excluding hydrogens is 512 g/mol. The fourth-order valence-electron chi connectivity index (χ4n) is 7.80. The number of hydrogen-bond acceptors (Lipinski definition) is 8. The van der Waals surface area contributed by atoms with Crippen LogP contribution >= 0.6 is 0 Å². The van der Waals surface area contributed by atoms with Gasteiger partial charge in [0.1, 0.15) is 17.3 Å². The van der Waals surface area contributed by atoms with Gasteiger partial charge >= 0.3 is 11.9 Å². The van der Waals surface area contributed by atoms with Gasteiger partial charge < -0.3 is 28.8 Å². The van der Waals surface area contributed by atoms with E-state index in [1.807, 2.05) is 20.8 Å². The van der Waals surface area contributed by atoms with Crippen LogP contribution in [0.2, 0.25) is 0 Å². The van der Waals surface area contributed by atoms with E-state index in [9.17, 15) is 14.7 Å². The van der Waals surface area contributed by atoms with Gasteiger partial charge in [-0.1, -0.05) is 32.1 Å². The molecule has 5 heterocycles. The molecule has 40 heavy (non-hydrogen) atoms. The third-order valence-corrected chi connectivity index (χ3v) is 10.4. The molecule has 5 aliphatic heterocycles. The zero-order valence-electron chi connectivity index (χ0n) is 25.0. The van der Waals surface area contributed by atoms with Crippen LogP contribution in [-0.4, -0.2) is 59.1 Å². The number of esters is 2. The van der Waals surface area contributed by atoms with Crippen molar-refractivity contribution in [1.29, 1.82) is 0 Å². The second-order valence-electron chi connectivity index (χ2n) is 13.7. The molecule has 1 N–H and O–H groups in total. The van der Waals surface area contributed by atoms with Crippen molar-refractivity contribution in [2.75, 3.05) is 13.2 Å². The van der Waals surface area contributed by atoms with Crippen LogP contribution in [0.4, 0.5) is 0 Å². The molecule has 5 saturated heterocycles. The Morgan fingerprint density at radius 2 is 1.88 bits per heavy atom. The molecule has 8 nitrogen and oxygen atoms in total. The van der Waals surface area contributed by atoms with E-state index in [-0.39, 0.29) is 23.3 Å². The Balaban J connectivity index is 1.29. The van der Waals surface area contributed by atoms with E-state index in [2.05, 4.69) is 26.5 Å². The van der Waals surface area contributed by atoms with Crippen molar-refractivity contribution in [3.05, 3.63) is 35.5 Å². The number of hydrogen-bond donors (Lipinski definition) is 1. The van der Waals surface area contributed by atoms with E-state index in [4.69, 9.17) is 23.7 Å². The quantitative estimate of drug-likeness (QED) is 0.276. The highest BCUT2D eigenvalue weighted by atomic mass is 16.8. The summed E-state index contributed by atoms with van der Waals surface area (Å²) in [5.74, 6) is -2.82. The van der Waals surface area contributed by atoms with E-state index in [1.165, 1.54) is 12.5 Å². The predicted octanol–water partition coefficient (Wildman–Crippen LogP) is 5.29. The van der Waals surface area contributed by atoms with Crippen molar-refractivity contribution in [2.24, 2.45) is 17.3 Å². The van der Waals surface area contributed by atoms with Crippen LogP contribution in [0.5, 0.6) is 0 Å². The minimum absolute atomic E-state index is 0.118.